The number of amides is 2. The summed E-state index contributed by atoms with van der Waals surface area (Å²) in [6.45, 7) is 0.337. The Balaban J connectivity index is 2.01. The fraction of sp³-hybridized carbons (Fsp3) is 0.143. The fourth-order valence-corrected chi connectivity index (χ4v) is 2.65. The molecule has 0 unspecified atom stereocenters. The Bertz CT molecular complexity index is 631. The number of benzene rings is 1. The second-order valence-electron chi connectivity index (χ2n) is 4.25. The van der Waals surface area contributed by atoms with Crippen LogP contribution in [0.1, 0.15) is 17.2 Å². The molecule has 0 bridgehead atoms. The van der Waals surface area contributed by atoms with Gasteiger partial charge in [-0.15, -0.1) is 0 Å². The van der Waals surface area contributed by atoms with E-state index in [0.29, 0.717) is 17.1 Å². The molecule has 1 aromatic carbocycles. The lowest BCUT2D eigenvalue weighted by Crippen LogP contribution is -2.40. The predicted molar refractivity (Wildman–Crippen MR) is 81.5 cm³/mol. The topological polar surface area (TPSA) is 78.4 Å². The van der Waals surface area contributed by atoms with Crippen molar-refractivity contribution < 1.29 is 14.7 Å². The van der Waals surface area contributed by atoms with Crippen LogP contribution in [0.4, 0.5) is 4.79 Å². The van der Waals surface area contributed by atoms with E-state index >= 15 is 0 Å². The summed E-state index contributed by atoms with van der Waals surface area (Å²) in [6, 6.07) is 6.64. The maximum Gasteiger partial charge on any atom is 0.331 e. The Kier molecular flexibility index (Phi) is 5.19. The molecule has 0 aliphatic heterocycles. The molecule has 2 rings (SSSR count). The van der Waals surface area contributed by atoms with Crippen LogP contribution in [0.2, 0.25) is 5.02 Å². The largest absolute Gasteiger partial charge is 0.479 e. The van der Waals surface area contributed by atoms with Gasteiger partial charge in [-0.1, -0.05) is 29.8 Å². The van der Waals surface area contributed by atoms with Gasteiger partial charge in [0, 0.05) is 17.1 Å². The van der Waals surface area contributed by atoms with Crippen molar-refractivity contribution in [1.82, 2.24) is 10.6 Å². The minimum Gasteiger partial charge on any atom is -0.479 e. The number of rotatable bonds is 5. The van der Waals surface area contributed by atoms with Crippen molar-refractivity contribution in [2.45, 2.75) is 12.6 Å². The Morgan fingerprint density at radius 2 is 2.05 bits per heavy atom. The van der Waals surface area contributed by atoms with Gasteiger partial charge in [-0.2, -0.15) is 11.3 Å². The Morgan fingerprint density at radius 1 is 1.29 bits per heavy atom. The summed E-state index contributed by atoms with van der Waals surface area (Å²) in [5, 5.41) is 18.4. The van der Waals surface area contributed by atoms with Crippen LogP contribution in [-0.2, 0) is 11.3 Å². The normalized spacial score (nSPS) is 11.7. The van der Waals surface area contributed by atoms with Gasteiger partial charge in [-0.05, 0) is 28.5 Å². The van der Waals surface area contributed by atoms with Crippen LogP contribution in [0.3, 0.4) is 0 Å². The summed E-state index contributed by atoms with van der Waals surface area (Å²) in [5.74, 6) is -1.17. The zero-order valence-electron chi connectivity index (χ0n) is 10.9. The van der Waals surface area contributed by atoms with Gasteiger partial charge in [0.2, 0.25) is 0 Å². The highest BCUT2D eigenvalue weighted by Crippen LogP contribution is 2.22. The lowest BCUT2D eigenvalue weighted by molar-refractivity contribution is -0.139. The molecule has 0 saturated heterocycles. The number of carboxylic acids is 1. The third-order valence-corrected chi connectivity index (χ3v) is 3.85. The van der Waals surface area contributed by atoms with Crippen molar-refractivity contribution >= 4 is 34.9 Å². The van der Waals surface area contributed by atoms with E-state index < -0.39 is 18.0 Å². The van der Waals surface area contributed by atoms with E-state index in [-0.39, 0.29) is 0 Å². The molecule has 1 atom stereocenters. The van der Waals surface area contributed by atoms with Gasteiger partial charge in [0.05, 0.1) is 0 Å². The number of hydrogen-bond donors (Lipinski definition) is 3. The molecule has 0 fully saturated rings. The van der Waals surface area contributed by atoms with E-state index in [1.165, 1.54) is 11.3 Å². The van der Waals surface area contributed by atoms with Crippen LogP contribution in [-0.4, -0.2) is 17.1 Å². The van der Waals surface area contributed by atoms with Gasteiger partial charge < -0.3 is 15.7 Å². The first-order valence-corrected chi connectivity index (χ1v) is 7.42. The molecule has 0 aliphatic rings. The van der Waals surface area contributed by atoms with Crippen LogP contribution >= 0.6 is 22.9 Å². The van der Waals surface area contributed by atoms with Crippen molar-refractivity contribution in [3.63, 3.8) is 0 Å². The molecule has 1 heterocycles. The minimum atomic E-state index is -1.19. The zero-order valence-corrected chi connectivity index (χ0v) is 12.4. The summed E-state index contributed by atoms with van der Waals surface area (Å²) in [4.78, 5) is 23.1. The molecule has 2 amide bonds. The number of thiophene rings is 1. The summed E-state index contributed by atoms with van der Waals surface area (Å²) in [6.07, 6.45) is 0. The standard InChI is InChI=1S/C14H13ClN2O3S/c15-11-4-2-1-3-10(11)12(13(18)19)17-14(20)16-7-9-5-6-21-8-9/h1-6,8,12H,7H2,(H,18,19)(H2,16,17,20)/t12-/m1/s1. The van der Waals surface area contributed by atoms with E-state index in [9.17, 15) is 14.7 Å². The smallest absolute Gasteiger partial charge is 0.331 e. The number of urea groups is 1. The number of carboxylic acid groups (broad SMARTS) is 1. The van der Waals surface area contributed by atoms with Gasteiger partial charge in [0.15, 0.2) is 6.04 Å². The molecular weight excluding hydrogens is 312 g/mol. The van der Waals surface area contributed by atoms with Crippen molar-refractivity contribution in [2.24, 2.45) is 0 Å². The second kappa shape index (κ2) is 7.10. The van der Waals surface area contributed by atoms with Crippen LogP contribution in [0, 0.1) is 0 Å². The fourth-order valence-electron chi connectivity index (χ4n) is 1.74. The van der Waals surface area contributed by atoms with Crippen molar-refractivity contribution in [1.29, 1.82) is 0 Å². The van der Waals surface area contributed by atoms with E-state index in [0.717, 1.165) is 5.56 Å². The monoisotopic (exact) mass is 324 g/mol. The molecule has 7 heteroatoms. The highest BCUT2D eigenvalue weighted by molar-refractivity contribution is 7.07. The molecular formula is C14H13ClN2O3S. The highest BCUT2D eigenvalue weighted by Gasteiger charge is 2.23. The number of carbonyl (C=O) groups excluding carboxylic acids is 1. The van der Waals surface area contributed by atoms with Crippen molar-refractivity contribution in [3.8, 4) is 0 Å². The Labute approximate surface area is 130 Å². The average molecular weight is 325 g/mol. The number of hydrogen-bond acceptors (Lipinski definition) is 3. The zero-order chi connectivity index (χ0) is 15.2. The van der Waals surface area contributed by atoms with Crippen LogP contribution in [0.5, 0.6) is 0 Å². The molecule has 5 nitrogen and oxygen atoms in total. The van der Waals surface area contributed by atoms with Gasteiger partial charge in [-0.3, -0.25) is 0 Å². The Morgan fingerprint density at radius 3 is 2.67 bits per heavy atom. The number of nitrogens with one attached hydrogen (secondary N) is 2. The van der Waals surface area contributed by atoms with E-state index in [2.05, 4.69) is 10.6 Å². The molecule has 21 heavy (non-hydrogen) atoms. The molecule has 0 spiro atoms. The van der Waals surface area contributed by atoms with Gasteiger partial charge in [0.25, 0.3) is 0 Å². The first-order chi connectivity index (χ1) is 10.1. The Hall–Kier alpha value is -2.05. The molecule has 0 aliphatic carbocycles. The van der Waals surface area contributed by atoms with Crippen LogP contribution < -0.4 is 10.6 Å². The van der Waals surface area contributed by atoms with E-state index in [4.69, 9.17) is 11.6 Å². The van der Waals surface area contributed by atoms with Crippen LogP contribution in [0.25, 0.3) is 0 Å². The van der Waals surface area contributed by atoms with E-state index in [1.807, 2.05) is 16.8 Å². The summed E-state index contributed by atoms with van der Waals surface area (Å²) in [7, 11) is 0. The van der Waals surface area contributed by atoms with Crippen molar-refractivity contribution in [3.05, 3.63) is 57.2 Å². The lowest BCUT2D eigenvalue weighted by Gasteiger charge is -2.16. The van der Waals surface area contributed by atoms with Gasteiger partial charge in [0.1, 0.15) is 0 Å². The maximum atomic E-state index is 11.8. The lowest BCUT2D eigenvalue weighted by atomic mass is 10.1. The molecule has 0 radical (unpaired) electrons. The quantitative estimate of drug-likeness (QED) is 0.791. The average Bonchev–Trinajstić information content (AvgIpc) is 2.96. The van der Waals surface area contributed by atoms with Crippen molar-refractivity contribution in [2.75, 3.05) is 0 Å². The minimum absolute atomic E-state index is 0.294. The van der Waals surface area contributed by atoms with Crippen LogP contribution in [0.15, 0.2) is 41.1 Å². The first-order valence-electron chi connectivity index (χ1n) is 6.10. The third kappa shape index (κ3) is 4.21. The predicted octanol–water partition coefficient (Wildman–Crippen LogP) is 3.03. The number of carbonyl (C=O) groups is 2. The summed E-state index contributed by atoms with van der Waals surface area (Å²) >= 11 is 7.50. The second-order valence-corrected chi connectivity index (χ2v) is 5.44. The van der Waals surface area contributed by atoms with Gasteiger partial charge >= 0.3 is 12.0 Å². The molecule has 3 N–H and O–H groups in total. The molecule has 110 valence electrons. The highest BCUT2D eigenvalue weighted by atomic mass is 35.5. The number of aliphatic carboxylic acids is 1. The van der Waals surface area contributed by atoms with E-state index in [1.54, 1.807) is 24.3 Å². The summed E-state index contributed by atoms with van der Waals surface area (Å²) < 4.78 is 0. The summed E-state index contributed by atoms with van der Waals surface area (Å²) in [5.41, 5.74) is 1.30. The third-order valence-electron chi connectivity index (χ3n) is 2.77. The van der Waals surface area contributed by atoms with Gasteiger partial charge in [-0.25, -0.2) is 9.59 Å². The first kappa shape index (κ1) is 15.3. The molecule has 1 aromatic heterocycles. The number of halogens is 1. The molecule has 2 aromatic rings. The maximum absolute atomic E-state index is 11.8. The molecule has 0 saturated carbocycles. The SMILES string of the molecule is O=C(NCc1ccsc1)N[C@@H](C(=O)O)c1ccccc1Cl.